The van der Waals surface area contributed by atoms with Crippen molar-refractivity contribution in [3.63, 3.8) is 0 Å². The number of hydrogen-bond acceptors (Lipinski definition) is 3. The van der Waals surface area contributed by atoms with Gasteiger partial charge in [-0.2, -0.15) is 0 Å². The average molecular weight is 272 g/mol. The van der Waals surface area contributed by atoms with Gasteiger partial charge in [0.1, 0.15) is 12.4 Å². The highest BCUT2D eigenvalue weighted by Gasteiger charge is 2.09. The molecule has 20 heavy (non-hydrogen) atoms. The number of para-hydroxylation sites is 1. The number of nitrogens with zero attached hydrogens (tertiary/aromatic N) is 1. The molecule has 0 fully saturated rings. The first-order chi connectivity index (χ1) is 9.72. The lowest BCUT2D eigenvalue weighted by molar-refractivity contribution is 0.291. The van der Waals surface area contributed by atoms with Crippen LogP contribution in [0.1, 0.15) is 24.9 Å². The van der Waals surface area contributed by atoms with Gasteiger partial charge < -0.3 is 15.0 Å². The molecule has 1 aromatic heterocycles. The number of hydrogen-bond donors (Lipinski definition) is 1. The zero-order valence-electron chi connectivity index (χ0n) is 11.7. The molecule has 1 aromatic carbocycles. The zero-order valence-corrected chi connectivity index (χ0v) is 11.7. The molecule has 0 amide bonds. The van der Waals surface area contributed by atoms with E-state index in [2.05, 4.69) is 0 Å². The van der Waals surface area contributed by atoms with E-state index in [0.29, 0.717) is 13.2 Å². The Labute approximate surface area is 118 Å². The van der Waals surface area contributed by atoms with E-state index in [-0.39, 0.29) is 11.6 Å². The van der Waals surface area contributed by atoms with Gasteiger partial charge in [-0.3, -0.25) is 4.79 Å². The summed E-state index contributed by atoms with van der Waals surface area (Å²) in [6.45, 7) is 3.01. The van der Waals surface area contributed by atoms with Gasteiger partial charge in [0.25, 0.3) is 5.56 Å². The zero-order chi connectivity index (χ0) is 14.4. The van der Waals surface area contributed by atoms with Crippen LogP contribution in [-0.4, -0.2) is 11.2 Å². The number of rotatable bonds is 6. The first-order valence-electron chi connectivity index (χ1n) is 6.85. The van der Waals surface area contributed by atoms with Crippen molar-refractivity contribution in [2.45, 2.75) is 25.9 Å². The minimum absolute atomic E-state index is 0.0188. The summed E-state index contributed by atoms with van der Waals surface area (Å²) >= 11 is 0. The van der Waals surface area contributed by atoms with Crippen molar-refractivity contribution in [3.8, 4) is 5.75 Å². The molecule has 2 rings (SSSR count). The van der Waals surface area contributed by atoms with Crippen LogP contribution in [0.3, 0.4) is 0 Å². The van der Waals surface area contributed by atoms with Gasteiger partial charge in [-0.25, -0.2) is 0 Å². The maximum Gasteiger partial charge on any atom is 0.250 e. The lowest BCUT2D eigenvalue weighted by atomic mass is 10.0. The van der Waals surface area contributed by atoms with Gasteiger partial charge in [0, 0.05) is 23.9 Å². The molecule has 0 aliphatic heterocycles. The third kappa shape index (κ3) is 3.48. The van der Waals surface area contributed by atoms with E-state index in [4.69, 9.17) is 10.5 Å². The van der Waals surface area contributed by atoms with E-state index in [1.165, 1.54) is 0 Å². The maximum absolute atomic E-state index is 11.6. The molecule has 0 bridgehead atoms. The Bertz CT molecular complexity index is 607. The number of pyridine rings is 1. The van der Waals surface area contributed by atoms with E-state index < -0.39 is 0 Å². The van der Waals surface area contributed by atoms with Crippen LogP contribution in [0.4, 0.5) is 0 Å². The lowest BCUT2D eigenvalue weighted by Crippen LogP contribution is -2.21. The second kappa shape index (κ2) is 6.91. The van der Waals surface area contributed by atoms with Crippen LogP contribution >= 0.6 is 0 Å². The fraction of sp³-hybridized carbons (Fsp3) is 0.312. The van der Waals surface area contributed by atoms with E-state index in [0.717, 1.165) is 17.7 Å². The highest BCUT2D eigenvalue weighted by atomic mass is 16.5. The van der Waals surface area contributed by atoms with Crippen molar-refractivity contribution in [2.75, 3.05) is 6.61 Å². The molecule has 4 heteroatoms. The molecule has 4 nitrogen and oxygen atoms in total. The molecule has 0 radical (unpaired) electrons. The van der Waals surface area contributed by atoms with Crippen molar-refractivity contribution in [1.82, 2.24) is 4.57 Å². The largest absolute Gasteiger partial charge is 0.491 e. The first-order valence-corrected chi connectivity index (χ1v) is 6.85. The summed E-state index contributed by atoms with van der Waals surface area (Å²) in [7, 11) is 0. The van der Waals surface area contributed by atoms with Gasteiger partial charge in [0.15, 0.2) is 0 Å². The first kappa shape index (κ1) is 14.3. The van der Waals surface area contributed by atoms with Crippen molar-refractivity contribution >= 4 is 0 Å². The summed E-state index contributed by atoms with van der Waals surface area (Å²) in [6.07, 6.45) is 2.62. The Morgan fingerprint density at radius 3 is 2.70 bits per heavy atom. The number of benzene rings is 1. The van der Waals surface area contributed by atoms with Crippen molar-refractivity contribution < 1.29 is 4.74 Å². The smallest absolute Gasteiger partial charge is 0.250 e. The second-order valence-corrected chi connectivity index (χ2v) is 4.63. The van der Waals surface area contributed by atoms with Crippen molar-refractivity contribution in [1.29, 1.82) is 0 Å². The van der Waals surface area contributed by atoms with Crippen LogP contribution in [0.25, 0.3) is 0 Å². The van der Waals surface area contributed by atoms with E-state index in [9.17, 15) is 4.79 Å². The molecule has 1 heterocycles. The quantitative estimate of drug-likeness (QED) is 0.878. The van der Waals surface area contributed by atoms with Gasteiger partial charge in [0.2, 0.25) is 0 Å². The number of ether oxygens (including phenoxy) is 1. The molecule has 2 N–H and O–H groups in total. The minimum atomic E-state index is -0.0225. The van der Waals surface area contributed by atoms with E-state index in [1.807, 2.05) is 37.3 Å². The van der Waals surface area contributed by atoms with Crippen LogP contribution < -0.4 is 16.0 Å². The summed E-state index contributed by atoms with van der Waals surface area (Å²) < 4.78 is 7.41. The molecule has 0 spiro atoms. The topological polar surface area (TPSA) is 57.2 Å². The number of nitrogens with two attached hydrogens (primary N) is 1. The number of aromatic nitrogens is 1. The monoisotopic (exact) mass is 272 g/mol. The van der Waals surface area contributed by atoms with Crippen molar-refractivity contribution in [2.24, 2.45) is 5.73 Å². The Morgan fingerprint density at radius 2 is 1.95 bits per heavy atom. The predicted molar refractivity (Wildman–Crippen MR) is 79.9 cm³/mol. The fourth-order valence-electron chi connectivity index (χ4n) is 2.04. The molecule has 0 saturated carbocycles. The predicted octanol–water partition coefficient (Wildman–Crippen LogP) is 2.34. The summed E-state index contributed by atoms with van der Waals surface area (Å²) in [5.74, 6) is 0.797. The lowest BCUT2D eigenvalue weighted by Gasteiger charge is -2.16. The Morgan fingerprint density at radius 1 is 1.20 bits per heavy atom. The standard InChI is InChI=1S/C16H20N2O2/c1-2-14(17)13-7-3-4-8-15(13)20-12-11-18-10-6-5-9-16(18)19/h3-10,14H,2,11-12,17H2,1H3/t14-/m1/s1. The van der Waals surface area contributed by atoms with Crippen LogP contribution in [0.15, 0.2) is 53.5 Å². The highest BCUT2D eigenvalue weighted by Crippen LogP contribution is 2.25. The molecule has 0 saturated heterocycles. The van der Waals surface area contributed by atoms with Crippen LogP contribution in [0.2, 0.25) is 0 Å². The second-order valence-electron chi connectivity index (χ2n) is 4.63. The molecule has 0 aliphatic carbocycles. The summed E-state index contributed by atoms with van der Waals surface area (Å²) in [6, 6.07) is 12.9. The SMILES string of the molecule is CC[C@@H](N)c1ccccc1OCCn1ccccc1=O. The van der Waals surface area contributed by atoms with Crippen LogP contribution in [-0.2, 0) is 6.54 Å². The molecular weight excluding hydrogens is 252 g/mol. The van der Waals surface area contributed by atoms with Crippen molar-refractivity contribution in [3.05, 3.63) is 64.6 Å². The minimum Gasteiger partial charge on any atom is -0.491 e. The molecule has 0 aliphatic rings. The Balaban J connectivity index is 2.01. The molecule has 106 valence electrons. The third-order valence-corrected chi connectivity index (χ3v) is 3.25. The van der Waals surface area contributed by atoms with Gasteiger partial charge in [-0.15, -0.1) is 0 Å². The Kier molecular flexibility index (Phi) is 4.96. The summed E-state index contributed by atoms with van der Waals surface area (Å²) in [5, 5.41) is 0. The third-order valence-electron chi connectivity index (χ3n) is 3.25. The highest BCUT2D eigenvalue weighted by molar-refractivity contribution is 5.35. The molecular formula is C16H20N2O2. The van der Waals surface area contributed by atoms with E-state index in [1.54, 1.807) is 22.9 Å². The van der Waals surface area contributed by atoms with Crippen LogP contribution in [0.5, 0.6) is 5.75 Å². The van der Waals surface area contributed by atoms with Gasteiger partial charge in [-0.05, 0) is 18.6 Å². The summed E-state index contributed by atoms with van der Waals surface area (Å²) in [4.78, 5) is 11.6. The molecule has 0 unspecified atom stereocenters. The molecule has 1 atom stereocenters. The fourth-order valence-corrected chi connectivity index (χ4v) is 2.04. The Hall–Kier alpha value is -2.07. The van der Waals surface area contributed by atoms with Crippen LogP contribution in [0, 0.1) is 0 Å². The van der Waals surface area contributed by atoms with E-state index >= 15 is 0 Å². The molecule has 2 aromatic rings. The summed E-state index contributed by atoms with van der Waals surface area (Å²) in [5.41, 5.74) is 7.06. The average Bonchev–Trinajstić information content (AvgIpc) is 2.49. The van der Waals surface area contributed by atoms with Gasteiger partial charge in [-0.1, -0.05) is 31.2 Å². The van der Waals surface area contributed by atoms with Gasteiger partial charge >= 0.3 is 0 Å². The normalized spacial score (nSPS) is 12.1. The maximum atomic E-state index is 11.6. The van der Waals surface area contributed by atoms with Gasteiger partial charge in [0.05, 0.1) is 6.54 Å².